The number of hydrogen-bond acceptors (Lipinski definition) is 4. The number of hydrogen-bond donors (Lipinski definition) is 0. The van der Waals surface area contributed by atoms with Gasteiger partial charge in [0.25, 0.3) is 0 Å². The first-order valence-corrected chi connectivity index (χ1v) is 6.33. The summed E-state index contributed by atoms with van der Waals surface area (Å²) < 4.78 is 10.2. The lowest BCUT2D eigenvalue weighted by Crippen LogP contribution is -2.02. The molecule has 1 heterocycles. The van der Waals surface area contributed by atoms with E-state index in [0.29, 0.717) is 6.61 Å². The third-order valence-corrected chi connectivity index (χ3v) is 3.75. The number of rotatable bonds is 4. The first-order valence-electron chi connectivity index (χ1n) is 4.12. The minimum atomic E-state index is -0.417. The van der Waals surface area contributed by atoms with Gasteiger partial charge in [0.2, 0.25) is 5.76 Å². The molecule has 3 nitrogen and oxygen atoms in total. The van der Waals surface area contributed by atoms with E-state index >= 15 is 0 Å². The number of ether oxygens (including phenoxy) is 1. The van der Waals surface area contributed by atoms with Crippen LogP contribution in [0.25, 0.3) is 0 Å². The maximum Gasteiger partial charge on any atom is 0.374 e. The number of esters is 1. The molecule has 1 rings (SSSR count). The fraction of sp³-hybridized carbons (Fsp3) is 0.444. The van der Waals surface area contributed by atoms with Crippen LogP contribution >= 0.6 is 27.7 Å². The summed E-state index contributed by atoms with van der Waals surface area (Å²) in [7, 11) is 0. The highest BCUT2D eigenvalue weighted by molar-refractivity contribution is 9.11. The van der Waals surface area contributed by atoms with Gasteiger partial charge < -0.3 is 9.15 Å². The van der Waals surface area contributed by atoms with Crippen molar-refractivity contribution in [3.63, 3.8) is 0 Å². The third-order valence-electron chi connectivity index (χ3n) is 1.53. The van der Waals surface area contributed by atoms with E-state index in [1.807, 2.05) is 6.26 Å². The van der Waals surface area contributed by atoms with Crippen molar-refractivity contribution in [2.45, 2.75) is 11.1 Å². The van der Waals surface area contributed by atoms with Crippen LogP contribution in [0.4, 0.5) is 0 Å². The van der Waals surface area contributed by atoms with Crippen LogP contribution in [-0.4, -0.2) is 18.8 Å². The molecule has 0 amide bonds. The average Bonchev–Trinajstić information content (AvgIpc) is 2.66. The van der Waals surface area contributed by atoms with E-state index in [1.165, 1.54) is 0 Å². The molecule has 0 aromatic carbocycles. The lowest BCUT2D eigenvalue weighted by Gasteiger charge is -2.01. The van der Waals surface area contributed by atoms with Gasteiger partial charge in [-0.25, -0.2) is 4.79 Å². The monoisotopic (exact) mass is 278 g/mol. The summed E-state index contributed by atoms with van der Waals surface area (Å²) in [6, 6.07) is 3.39. The Labute approximate surface area is 95.3 Å². The summed E-state index contributed by atoms with van der Waals surface area (Å²) in [5.74, 6) is 0.556. The molecule has 0 bridgehead atoms. The number of thioether (sulfide) groups is 1. The number of carbonyl (C=O) groups excluding carboxylic acids is 1. The Hall–Kier alpha value is -0.420. The SMILES string of the molecule is CCOC(=O)c1ccc(C(Br)SC)o1. The highest BCUT2D eigenvalue weighted by Gasteiger charge is 2.15. The maximum atomic E-state index is 11.2. The topological polar surface area (TPSA) is 39.4 Å². The molecule has 14 heavy (non-hydrogen) atoms. The summed E-state index contributed by atoms with van der Waals surface area (Å²) in [6.07, 6.45) is 1.95. The van der Waals surface area contributed by atoms with E-state index in [-0.39, 0.29) is 9.92 Å². The summed E-state index contributed by atoms with van der Waals surface area (Å²) in [4.78, 5) is 11.2. The Kier molecular flexibility index (Phi) is 4.54. The van der Waals surface area contributed by atoms with E-state index < -0.39 is 5.97 Å². The molecule has 0 aliphatic rings. The molecule has 0 spiro atoms. The van der Waals surface area contributed by atoms with Crippen LogP contribution in [0.15, 0.2) is 16.5 Å². The molecular formula is C9H11BrO3S. The van der Waals surface area contributed by atoms with Crippen LogP contribution in [0, 0.1) is 0 Å². The Morgan fingerprint density at radius 1 is 1.71 bits per heavy atom. The van der Waals surface area contributed by atoms with E-state index in [1.54, 1.807) is 30.8 Å². The molecule has 0 aliphatic carbocycles. The number of alkyl halides is 1. The maximum absolute atomic E-state index is 11.2. The largest absolute Gasteiger partial charge is 0.460 e. The normalized spacial score (nSPS) is 12.5. The van der Waals surface area contributed by atoms with Gasteiger partial charge in [0.15, 0.2) is 0 Å². The van der Waals surface area contributed by atoms with Crippen molar-refractivity contribution in [3.8, 4) is 0 Å². The van der Waals surface area contributed by atoms with Crippen LogP contribution in [0.3, 0.4) is 0 Å². The summed E-state index contributed by atoms with van der Waals surface area (Å²) in [5, 5.41) is 0. The highest BCUT2D eigenvalue weighted by atomic mass is 79.9. The highest BCUT2D eigenvalue weighted by Crippen LogP contribution is 2.33. The molecule has 0 radical (unpaired) electrons. The molecule has 1 aromatic heterocycles. The molecule has 1 atom stereocenters. The van der Waals surface area contributed by atoms with Crippen LogP contribution in [0.5, 0.6) is 0 Å². The average molecular weight is 279 g/mol. The second kappa shape index (κ2) is 5.46. The molecule has 0 saturated carbocycles. The lowest BCUT2D eigenvalue weighted by atomic mass is 10.4. The van der Waals surface area contributed by atoms with Crippen LogP contribution in [0.2, 0.25) is 0 Å². The predicted octanol–water partition coefficient (Wildman–Crippen LogP) is 3.21. The molecule has 1 aromatic rings. The van der Waals surface area contributed by atoms with Crippen molar-refractivity contribution in [1.29, 1.82) is 0 Å². The van der Waals surface area contributed by atoms with Gasteiger partial charge >= 0.3 is 5.97 Å². The molecule has 0 fully saturated rings. The molecule has 0 aliphatic heterocycles. The zero-order chi connectivity index (χ0) is 10.6. The van der Waals surface area contributed by atoms with Gasteiger partial charge in [-0.2, -0.15) is 0 Å². The zero-order valence-corrected chi connectivity index (χ0v) is 10.4. The molecule has 5 heteroatoms. The first-order chi connectivity index (χ1) is 6.69. The molecule has 0 N–H and O–H groups in total. The van der Waals surface area contributed by atoms with Crippen LogP contribution in [0.1, 0.15) is 27.4 Å². The molecular weight excluding hydrogens is 268 g/mol. The third kappa shape index (κ3) is 2.78. The molecule has 0 saturated heterocycles. The fourth-order valence-corrected chi connectivity index (χ4v) is 1.51. The van der Waals surface area contributed by atoms with Crippen LogP contribution < -0.4 is 0 Å². The Morgan fingerprint density at radius 3 is 3.00 bits per heavy atom. The van der Waals surface area contributed by atoms with Gasteiger partial charge in [-0.05, 0) is 25.3 Å². The number of halogens is 1. The lowest BCUT2D eigenvalue weighted by molar-refractivity contribution is 0.0488. The van der Waals surface area contributed by atoms with Gasteiger partial charge in [-0.1, -0.05) is 15.9 Å². The Balaban J connectivity index is 2.72. The van der Waals surface area contributed by atoms with Crippen molar-refractivity contribution < 1.29 is 13.9 Å². The smallest absolute Gasteiger partial charge is 0.374 e. The van der Waals surface area contributed by atoms with Gasteiger partial charge in [-0.3, -0.25) is 0 Å². The van der Waals surface area contributed by atoms with Crippen molar-refractivity contribution in [2.75, 3.05) is 12.9 Å². The van der Waals surface area contributed by atoms with E-state index in [9.17, 15) is 4.79 Å². The summed E-state index contributed by atoms with van der Waals surface area (Å²) in [6.45, 7) is 2.12. The number of furan rings is 1. The fourth-order valence-electron chi connectivity index (χ4n) is 0.903. The molecule has 1 unspecified atom stereocenters. The standard InChI is InChI=1S/C9H11BrO3S/c1-3-12-9(11)7-5-4-6(13-7)8(10)14-2/h4-5,8H,3H2,1-2H3. The molecule has 78 valence electrons. The second-order valence-corrected chi connectivity index (χ2v) is 4.94. The van der Waals surface area contributed by atoms with Crippen molar-refractivity contribution in [1.82, 2.24) is 0 Å². The van der Waals surface area contributed by atoms with Gasteiger partial charge in [0.1, 0.15) is 9.92 Å². The van der Waals surface area contributed by atoms with E-state index in [0.717, 1.165) is 5.76 Å². The zero-order valence-electron chi connectivity index (χ0n) is 7.95. The van der Waals surface area contributed by atoms with Crippen LogP contribution in [-0.2, 0) is 4.74 Å². The number of carbonyl (C=O) groups is 1. The minimum absolute atomic E-state index is 0.0747. The first kappa shape index (κ1) is 11.7. The van der Waals surface area contributed by atoms with Gasteiger partial charge in [0, 0.05) is 0 Å². The van der Waals surface area contributed by atoms with Crippen molar-refractivity contribution in [3.05, 3.63) is 23.7 Å². The minimum Gasteiger partial charge on any atom is -0.460 e. The van der Waals surface area contributed by atoms with Crippen molar-refractivity contribution >= 4 is 33.7 Å². The van der Waals surface area contributed by atoms with Gasteiger partial charge in [0.05, 0.1) is 6.61 Å². The Bertz CT molecular complexity index is 311. The summed E-state index contributed by atoms with van der Waals surface area (Å²) >= 11 is 4.99. The Morgan fingerprint density at radius 2 is 2.43 bits per heavy atom. The summed E-state index contributed by atoms with van der Waals surface area (Å²) in [5.41, 5.74) is 0. The second-order valence-electron chi connectivity index (χ2n) is 2.47. The van der Waals surface area contributed by atoms with Crippen molar-refractivity contribution in [2.24, 2.45) is 0 Å². The quantitative estimate of drug-likeness (QED) is 0.626. The van der Waals surface area contributed by atoms with Gasteiger partial charge in [-0.15, -0.1) is 11.8 Å². The predicted molar refractivity (Wildman–Crippen MR) is 59.8 cm³/mol. The van der Waals surface area contributed by atoms with E-state index in [2.05, 4.69) is 15.9 Å². The van der Waals surface area contributed by atoms with E-state index in [4.69, 9.17) is 9.15 Å².